The molecule has 0 fully saturated rings. The molecule has 14 heavy (non-hydrogen) atoms. The third-order valence-corrected chi connectivity index (χ3v) is 1.79. The van der Waals surface area contributed by atoms with Gasteiger partial charge in [-0.25, -0.2) is 9.18 Å². The summed E-state index contributed by atoms with van der Waals surface area (Å²) in [6, 6.07) is 3.69. The first-order chi connectivity index (χ1) is 6.56. The molecule has 1 N–H and O–H groups in total. The molecule has 0 saturated heterocycles. The quantitative estimate of drug-likeness (QED) is 0.791. The highest BCUT2D eigenvalue weighted by atomic mass is 19.1. The summed E-state index contributed by atoms with van der Waals surface area (Å²) in [6.07, 6.45) is -1.17. The van der Waals surface area contributed by atoms with Crippen molar-refractivity contribution in [2.75, 3.05) is 19.1 Å². The Morgan fingerprint density at radius 1 is 1.57 bits per heavy atom. The summed E-state index contributed by atoms with van der Waals surface area (Å²) < 4.78 is 17.7. The fraction of sp³-hybridized carbons (Fsp3) is 0.222. The Morgan fingerprint density at radius 2 is 2.21 bits per heavy atom. The van der Waals surface area contributed by atoms with E-state index in [1.165, 1.54) is 26.3 Å². The highest BCUT2D eigenvalue weighted by Gasteiger charge is 2.14. The van der Waals surface area contributed by atoms with Crippen LogP contribution in [0.1, 0.15) is 0 Å². The fourth-order valence-corrected chi connectivity index (χ4v) is 1.03. The van der Waals surface area contributed by atoms with E-state index in [1.54, 1.807) is 0 Å². The molecule has 0 bridgehead atoms. The maximum absolute atomic E-state index is 12.8. The van der Waals surface area contributed by atoms with Crippen LogP contribution in [0.4, 0.5) is 14.9 Å². The minimum atomic E-state index is -1.17. The van der Waals surface area contributed by atoms with Crippen LogP contribution in [0.3, 0.4) is 0 Å². The third-order valence-electron chi connectivity index (χ3n) is 1.79. The number of methoxy groups -OCH3 is 1. The third kappa shape index (κ3) is 1.93. The van der Waals surface area contributed by atoms with Crippen LogP contribution in [-0.4, -0.2) is 25.4 Å². The van der Waals surface area contributed by atoms with Crippen molar-refractivity contribution in [1.29, 1.82) is 0 Å². The molecule has 1 rings (SSSR count). The Labute approximate surface area is 80.5 Å². The summed E-state index contributed by atoms with van der Waals surface area (Å²) in [6.45, 7) is 0. The lowest BCUT2D eigenvalue weighted by Gasteiger charge is -2.16. The topological polar surface area (TPSA) is 49.8 Å². The number of carbonyl (C=O) groups is 1. The Balaban J connectivity index is 3.16. The van der Waals surface area contributed by atoms with Gasteiger partial charge in [0.25, 0.3) is 0 Å². The van der Waals surface area contributed by atoms with Crippen LogP contribution < -0.4 is 9.64 Å². The van der Waals surface area contributed by atoms with E-state index in [2.05, 4.69) is 0 Å². The maximum Gasteiger partial charge on any atom is 0.411 e. The summed E-state index contributed by atoms with van der Waals surface area (Å²) in [4.78, 5) is 11.5. The molecule has 0 aromatic heterocycles. The van der Waals surface area contributed by atoms with Crippen molar-refractivity contribution >= 4 is 11.8 Å². The first kappa shape index (κ1) is 10.3. The largest absolute Gasteiger partial charge is 0.495 e. The number of carboxylic acid groups (broad SMARTS) is 1. The summed E-state index contributed by atoms with van der Waals surface area (Å²) in [5.41, 5.74) is 0.181. The standard InChI is InChI=1S/C9H10FNO3/c1-11(9(12)13)7-5-6(10)3-4-8(7)14-2/h3-5H,1-2H3,(H,12,13). The van der Waals surface area contributed by atoms with Gasteiger partial charge >= 0.3 is 6.09 Å². The molecule has 0 aliphatic carbocycles. The lowest BCUT2D eigenvalue weighted by atomic mass is 10.2. The molecule has 0 radical (unpaired) electrons. The zero-order valence-corrected chi connectivity index (χ0v) is 7.82. The van der Waals surface area contributed by atoms with Gasteiger partial charge < -0.3 is 9.84 Å². The number of hydrogen-bond acceptors (Lipinski definition) is 2. The molecule has 76 valence electrons. The van der Waals surface area contributed by atoms with E-state index in [-0.39, 0.29) is 5.69 Å². The van der Waals surface area contributed by atoms with Gasteiger partial charge in [-0.1, -0.05) is 0 Å². The van der Waals surface area contributed by atoms with Crippen LogP contribution in [0.2, 0.25) is 0 Å². The lowest BCUT2D eigenvalue weighted by Crippen LogP contribution is -2.24. The predicted octanol–water partition coefficient (Wildman–Crippen LogP) is 1.95. The van der Waals surface area contributed by atoms with Gasteiger partial charge in [0, 0.05) is 13.1 Å². The summed E-state index contributed by atoms with van der Waals surface area (Å²) in [7, 11) is 2.71. The van der Waals surface area contributed by atoms with Gasteiger partial charge in [0.1, 0.15) is 11.6 Å². The van der Waals surface area contributed by atoms with Crippen molar-refractivity contribution in [3.05, 3.63) is 24.0 Å². The smallest absolute Gasteiger partial charge is 0.411 e. The number of amides is 1. The molecular weight excluding hydrogens is 189 g/mol. The first-order valence-corrected chi connectivity index (χ1v) is 3.86. The second kappa shape index (κ2) is 3.95. The van der Waals surface area contributed by atoms with E-state index in [1.807, 2.05) is 0 Å². The minimum absolute atomic E-state index is 0.181. The minimum Gasteiger partial charge on any atom is -0.495 e. The summed E-state index contributed by atoms with van der Waals surface area (Å²) >= 11 is 0. The van der Waals surface area contributed by atoms with Gasteiger partial charge in [0.2, 0.25) is 0 Å². The number of rotatable bonds is 2. The van der Waals surface area contributed by atoms with Crippen molar-refractivity contribution in [3.8, 4) is 5.75 Å². The highest BCUT2D eigenvalue weighted by Crippen LogP contribution is 2.27. The Morgan fingerprint density at radius 3 is 2.71 bits per heavy atom. The van der Waals surface area contributed by atoms with Gasteiger partial charge in [0.15, 0.2) is 0 Å². The fourth-order valence-electron chi connectivity index (χ4n) is 1.03. The molecule has 0 atom stereocenters. The summed E-state index contributed by atoms with van der Waals surface area (Å²) in [5.74, 6) is -0.190. The van der Waals surface area contributed by atoms with E-state index in [0.717, 1.165) is 11.0 Å². The molecule has 0 aliphatic rings. The molecular formula is C9H10FNO3. The highest BCUT2D eigenvalue weighted by molar-refractivity contribution is 5.87. The SMILES string of the molecule is COc1ccc(F)cc1N(C)C(=O)O. The van der Waals surface area contributed by atoms with Gasteiger partial charge in [-0.3, -0.25) is 4.90 Å². The van der Waals surface area contributed by atoms with Crippen LogP contribution in [0.5, 0.6) is 5.75 Å². The molecule has 0 aliphatic heterocycles. The molecule has 0 spiro atoms. The van der Waals surface area contributed by atoms with Gasteiger partial charge in [-0.05, 0) is 12.1 Å². The van der Waals surface area contributed by atoms with E-state index >= 15 is 0 Å². The Hall–Kier alpha value is -1.78. The first-order valence-electron chi connectivity index (χ1n) is 3.86. The van der Waals surface area contributed by atoms with Crippen molar-refractivity contribution in [1.82, 2.24) is 0 Å². The molecule has 0 heterocycles. The molecule has 1 aromatic rings. The van der Waals surface area contributed by atoms with Gasteiger partial charge in [-0.15, -0.1) is 0 Å². The van der Waals surface area contributed by atoms with E-state index in [4.69, 9.17) is 9.84 Å². The Kier molecular flexibility index (Phi) is 2.91. The van der Waals surface area contributed by atoms with Crippen molar-refractivity contribution in [2.24, 2.45) is 0 Å². The number of ether oxygens (including phenoxy) is 1. The Bertz CT molecular complexity index is 354. The zero-order chi connectivity index (χ0) is 10.7. The molecule has 1 amide bonds. The van der Waals surface area contributed by atoms with Crippen LogP contribution in [0, 0.1) is 5.82 Å². The molecule has 0 unspecified atom stereocenters. The number of benzene rings is 1. The van der Waals surface area contributed by atoms with Gasteiger partial charge in [-0.2, -0.15) is 0 Å². The average Bonchev–Trinajstić information content (AvgIpc) is 2.16. The van der Waals surface area contributed by atoms with E-state index < -0.39 is 11.9 Å². The maximum atomic E-state index is 12.8. The molecule has 5 heteroatoms. The summed E-state index contributed by atoms with van der Waals surface area (Å²) in [5, 5.41) is 8.69. The van der Waals surface area contributed by atoms with E-state index in [9.17, 15) is 9.18 Å². The molecule has 1 aromatic carbocycles. The van der Waals surface area contributed by atoms with Crippen LogP contribution in [0.15, 0.2) is 18.2 Å². The van der Waals surface area contributed by atoms with Crippen molar-refractivity contribution < 1.29 is 19.0 Å². The number of halogens is 1. The normalized spacial score (nSPS) is 9.64. The monoisotopic (exact) mass is 199 g/mol. The van der Waals surface area contributed by atoms with Gasteiger partial charge in [0.05, 0.1) is 12.8 Å². The zero-order valence-electron chi connectivity index (χ0n) is 7.82. The van der Waals surface area contributed by atoms with E-state index in [0.29, 0.717) is 5.75 Å². The number of nitrogens with zero attached hydrogens (tertiary/aromatic N) is 1. The molecule has 0 saturated carbocycles. The van der Waals surface area contributed by atoms with Crippen LogP contribution in [-0.2, 0) is 0 Å². The van der Waals surface area contributed by atoms with Crippen molar-refractivity contribution in [3.63, 3.8) is 0 Å². The number of anilines is 1. The van der Waals surface area contributed by atoms with Crippen LogP contribution in [0.25, 0.3) is 0 Å². The molecule has 4 nitrogen and oxygen atoms in total. The van der Waals surface area contributed by atoms with Crippen molar-refractivity contribution in [2.45, 2.75) is 0 Å². The van der Waals surface area contributed by atoms with Crippen LogP contribution >= 0.6 is 0 Å². The average molecular weight is 199 g/mol. The second-order valence-corrected chi connectivity index (χ2v) is 2.66. The lowest BCUT2D eigenvalue weighted by molar-refractivity contribution is 0.203. The number of hydrogen-bond donors (Lipinski definition) is 1. The predicted molar refractivity (Wildman–Crippen MR) is 49.4 cm³/mol. The second-order valence-electron chi connectivity index (χ2n) is 2.66.